The molecule has 0 unspecified atom stereocenters. The average molecular weight is 512 g/mol. The topological polar surface area (TPSA) is 9.23 Å². The number of aryl methyl sites for hydroxylation is 1. The van der Waals surface area contributed by atoms with Gasteiger partial charge in [-0.25, -0.2) is 17.6 Å². The highest BCUT2D eigenvalue weighted by Gasteiger charge is 2.28. The van der Waals surface area contributed by atoms with Gasteiger partial charge >= 0.3 is 6.11 Å². The predicted molar refractivity (Wildman–Crippen MR) is 132 cm³/mol. The second-order valence-electron chi connectivity index (χ2n) is 8.46. The van der Waals surface area contributed by atoms with Crippen molar-refractivity contribution in [2.24, 2.45) is 0 Å². The maximum atomic E-state index is 14.5. The third-order valence-electron chi connectivity index (χ3n) is 5.70. The molecule has 0 atom stereocenters. The fourth-order valence-electron chi connectivity index (χ4n) is 3.83. The quantitative estimate of drug-likeness (QED) is 0.169. The third kappa shape index (κ3) is 6.42. The number of halogens is 6. The van der Waals surface area contributed by atoms with Crippen LogP contribution in [0.3, 0.4) is 0 Å². The van der Waals surface area contributed by atoms with Crippen LogP contribution in [0.4, 0.5) is 26.3 Å². The van der Waals surface area contributed by atoms with Crippen molar-refractivity contribution in [3.63, 3.8) is 0 Å². The van der Waals surface area contributed by atoms with Crippen molar-refractivity contribution < 1.29 is 31.1 Å². The molecule has 0 bridgehead atoms. The smallest absolute Gasteiger partial charge is 0.419 e. The lowest BCUT2D eigenvalue weighted by Gasteiger charge is -2.15. The maximum Gasteiger partial charge on any atom is 0.419 e. The molecule has 4 aromatic carbocycles. The Hall–Kier alpha value is -4.00. The summed E-state index contributed by atoms with van der Waals surface area (Å²) < 4.78 is 87.9. The van der Waals surface area contributed by atoms with Crippen molar-refractivity contribution >= 4 is 6.08 Å². The summed E-state index contributed by atoms with van der Waals surface area (Å²) in [5, 5.41) is 0. The Bertz CT molecular complexity index is 1390. The Morgan fingerprint density at radius 1 is 0.703 bits per heavy atom. The molecule has 4 aromatic rings. The lowest BCUT2D eigenvalue weighted by molar-refractivity contribution is -0.131. The molecule has 0 saturated heterocycles. The molecule has 7 heteroatoms. The zero-order valence-corrected chi connectivity index (χ0v) is 19.8. The van der Waals surface area contributed by atoms with E-state index in [4.69, 9.17) is 0 Å². The lowest BCUT2D eigenvalue weighted by Crippen LogP contribution is -2.21. The zero-order chi connectivity index (χ0) is 26.6. The summed E-state index contributed by atoms with van der Waals surface area (Å²) in [6, 6.07) is 19.1. The Kier molecular flexibility index (Phi) is 7.71. The van der Waals surface area contributed by atoms with Gasteiger partial charge in [0, 0.05) is 17.7 Å². The Morgan fingerprint density at radius 3 is 1.86 bits per heavy atom. The highest BCUT2D eigenvalue weighted by atomic mass is 19.3. The number of rotatable bonds is 8. The summed E-state index contributed by atoms with van der Waals surface area (Å²) in [7, 11) is 0. The van der Waals surface area contributed by atoms with Crippen molar-refractivity contribution in [3.8, 4) is 28.0 Å². The van der Waals surface area contributed by atoms with E-state index < -0.39 is 35.1 Å². The highest BCUT2D eigenvalue weighted by Crippen LogP contribution is 2.31. The predicted octanol–water partition coefficient (Wildman–Crippen LogP) is 9.21. The Balaban J connectivity index is 1.44. The summed E-state index contributed by atoms with van der Waals surface area (Å²) >= 11 is 0. The van der Waals surface area contributed by atoms with Crippen molar-refractivity contribution in [2.75, 3.05) is 0 Å². The van der Waals surface area contributed by atoms with Crippen LogP contribution in [0.5, 0.6) is 5.75 Å². The summed E-state index contributed by atoms with van der Waals surface area (Å²) in [5.41, 5.74) is 3.13. The van der Waals surface area contributed by atoms with Crippen LogP contribution >= 0.6 is 0 Å². The minimum atomic E-state index is -3.77. The molecule has 190 valence electrons. The molecule has 0 N–H and O–H groups in total. The zero-order valence-electron chi connectivity index (χ0n) is 19.8. The summed E-state index contributed by atoms with van der Waals surface area (Å²) in [6.45, 7) is 2.12. The van der Waals surface area contributed by atoms with E-state index in [-0.39, 0.29) is 11.1 Å². The van der Waals surface area contributed by atoms with Gasteiger partial charge in [0.05, 0.1) is 0 Å². The van der Waals surface area contributed by atoms with E-state index in [0.717, 1.165) is 36.1 Å². The molecule has 1 nitrogen and oxygen atoms in total. The first-order valence-corrected chi connectivity index (χ1v) is 11.5. The van der Waals surface area contributed by atoms with Gasteiger partial charge in [-0.05, 0) is 64.6 Å². The second-order valence-corrected chi connectivity index (χ2v) is 8.46. The van der Waals surface area contributed by atoms with E-state index >= 15 is 0 Å². The SMILES string of the molecule is CCCc1ccc(-c2ccc(C=CC(F)(F)Oc3ccc(-c4cc(F)c(F)c(F)c4)c(F)c3)cc2)cc1. The first-order chi connectivity index (χ1) is 17.6. The van der Waals surface area contributed by atoms with Crippen LogP contribution in [0.2, 0.25) is 0 Å². The fraction of sp³-hybridized carbons (Fsp3) is 0.133. The largest absolute Gasteiger partial charge is 0.429 e. The van der Waals surface area contributed by atoms with Crippen molar-refractivity contribution in [2.45, 2.75) is 25.9 Å². The normalized spacial score (nSPS) is 11.8. The molecule has 0 fully saturated rings. The molecule has 0 aliphatic rings. The van der Waals surface area contributed by atoms with E-state index in [1.807, 2.05) is 24.3 Å². The molecule has 0 aliphatic heterocycles. The molecular formula is C30H22F6O. The molecular weight excluding hydrogens is 490 g/mol. The van der Waals surface area contributed by atoms with Gasteiger partial charge < -0.3 is 4.74 Å². The number of ether oxygens (including phenoxy) is 1. The molecule has 0 saturated carbocycles. The monoisotopic (exact) mass is 512 g/mol. The number of hydrogen-bond acceptors (Lipinski definition) is 1. The van der Waals surface area contributed by atoms with Crippen molar-refractivity contribution in [1.82, 2.24) is 0 Å². The van der Waals surface area contributed by atoms with Crippen LogP contribution in [-0.4, -0.2) is 6.11 Å². The van der Waals surface area contributed by atoms with Crippen molar-refractivity contribution in [1.29, 1.82) is 0 Å². The molecule has 0 aliphatic carbocycles. The molecule has 0 radical (unpaired) electrons. The van der Waals surface area contributed by atoms with E-state index in [2.05, 4.69) is 23.8 Å². The van der Waals surface area contributed by atoms with Crippen LogP contribution in [-0.2, 0) is 6.42 Å². The average Bonchev–Trinajstić information content (AvgIpc) is 2.87. The Morgan fingerprint density at radius 2 is 1.30 bits per heavy atom. The fourth-order valence-corrected chi connectivity index (χ4v) is 3.83. The number of benzene rings is 4. The molecule has 0 heterocycles. The maximum absolute atomic E-state index is 14.5. The standard InChI is InChI=1S/C30H22F6O/c1-2-3-19-4-8-21(9-5-19)22-10-6-20(7-11-22)14-15-30(35,36)37-24-12-13-25(26(31)18-24)23-16-27(32)29(34)28(33)17-23/h4-18H,2-3H2,1H3. The third-order valence-corrected chi connectivity index (χ3v) is 5.70. The van der Waals surface area contributed by atoms with Gasteiger partial charge in [-0.15, -0.1) is 0 Å². The summed E-state index contributed by atoms with van der Waals surface area (Å²) in [6.07, 6.45) is 0.0234. The van der Waals surface area contributed by atoms with Gasteiger partial charge in [0.15, 0.2) is 17.5 Å². The molecule has 0 amide bonds. The van der Waals surface area contributed by atoms with E-state index in [9.17, 15) is 26.3 Å². The lowest BCUT2D eigenvalue weighted by atomic mass is 10.0. The van der Waals surface area contributed by atoms with Crippen LogP contribution in [0.1, 0.15) is 24.5 Å². The Labute approximate surface area is 210 Å². The van der Waals surface area contributed by atoms with Gasteiger partial charge in [0.1, 0.15) is 11.6 Å². The molecule has 0 aromatic heterocycles. The summed E-state index contributed by atoms with van der Waals surface area (Å²) in [4.78, 5) is 0. The molecule has 4 rings (SSSR count). The van der Waals surface area contributed by atoms with E-state index in [1.165, 1.54) is 11.6 Å². The first-order valence-electron chi connectivity index (χ1n) is 11.5. The second kappa shape index (κ2) is 10.9. The number of hydrogen-bond donors (Lipinski definition) is 0. The van der Waals surface area contributed by atoms with Crippen LogP contribution in [0, 0.1) is 23.3 Å². The van der Waals surface area contributed by atoms with E-state index in [1.54, 1.807) is 12.1 Å². The van der Waals surface area contributed by atoms with Crippen LogP contribution < -0.4 is 4.74 Å². The minimum absolute atomic E-state index is 0.285. The highest BCUT2D eigenvalue weighted by molar-refractivity contribution is 5.67. The van der Waals surface area contributed by atoms with Crippen LogP contribution in [0.15, 0.2) is 84.9 Å². The molecule has 0 spiro atoms. The van der Waals surface area contributed by atoms with Crippen molar-refractivity contribution in [3.05, 3.63) is 119 Å². The van der Waals surface area contributed by atoms with E-state index in [0.29, 0.717) is 29.8 Å². The molecule has 37 heavy (non-hydrogen) atoms. The van der Waals surface area contributed by atoms with Gasteiger partial charge in [0.25, 0.3) is 0 Å². The first kappa shape index (κ1) is 26.1. The van der Waals surface area contributed by atoms with Gasteiger partial charge in [-0.1, -0.05) is 61.9 Å². The summed E-state index contributed by atoms with van der Waals surface area (Å²) in [5.74, 6) is -6.25. The van der Waals surface area contributed by atoms with Gasteiger partial charge in [-0.2, -0.15) is 8.78 Å². The van der Waals surface area contributed by atoms with Gasteiger partial charge in [0.2, 0.25) is 0 Å². The minimum Gasteiger partial charge on any atom is -0.429 e. The van der Waals surface area contributed by atoms with Crippen LogP contribution in [0.25, 0.3) is 28.3 Å². The number of alkyl halides is 2. The van der Waals surface area contributed by atoms with Gasteiger partial charge in [-0.3, -0.25) is 0 Å².